The average molecular weight is 703 g/mol. The van der Waals surface area contributed by atoms with Gasteiger partial charge in [0.25, 0.3) is 0 Å². The fourth-order valence-electron chi connectivity index (χ4n) is 6.11. The van der Waals surface area contributed by atoms with E-state index in [2.05, 4.69) is 31.1 Å². The zero-order chi connectivity index (χ0) is 35.8. The van der Waals surface area contributed by atoms with Gasteiger partial charge in [0.05, 0.1) is 33.1 Å². The van der Waals surface area contributed by atoms with Gasteiger partial charge in [0.15, 0.2) is 23.1 Å². The number of anilines is 2. The Hall–Kier alpha value is -5.08. The van der Waals surface area contributed by atoms with E-state index in [9.17, 15) is 14.4 Å². The van der Waals surface area contributed by atoms with Crippen LogP contribution >= 0.6 is 11.8 Å². The molecule has 4 N–H and O–H groups in total. The summed E-state index contributed by atoms with van der Waals surface area (Å²) in [6.07, 6.45) is 3.52. The van der Waals surface area contributed by atoms with Gasteiger partial charge in [0.1, 0.15) is 12.6 Å². The number of fused-ring (bicyclic) bond motifs is 3. The van der Waals surface area contributed by atoms with Crippen LogP contribution in [0.1, 0.15) is 42.8 Å². The molecule has 0 spiro atoms. The van der Waals surface area contributed by atoms with Gasteiger partial charge in [-0.05, 0) is 78.3 Å². The molecule has 0 fully saturated rings. The summed E-state index contributed by atoms with van der Waals surface area (Å²) in [5, 5.41) is 16.3. The fourth-order valence-corrected chi connectivity index (χ4v) is 6.58. The molecule has 0 bridgehead atoms. The SMILES string of the molecule is COCc1nc(-c2cccc(NC(=O)[C@@H](CCSC)Nc3ccc4c(cc3=O)[C@H](NC(C)=O)CCc3cc(OC)c(OC)c(OC)c3-4)c2)n[nH]1. The van der Waals surface area contributed by atoms with E-state index in [4.69, 9.17) is 18.9 Å². The lowest BCUT2D eigenvalue weighted by Crippen LogP contribution is -2.36. The molecular formula is C36H42N6O7S. The fraction of sp³-hybridized carbons (Fsp3) is 0.361. The third-order valence-corrected chi connectivity index (χ3v) is 9.02. The smallest absolute Gasteiger partial charge is 0.246 e. The molecule has 1 aliphatic rings. The number of thioether (sulfide) groups is 1. The molecule has 0 radical (unpaired) electrons. The Morgan fingerprint density at radius 3 is 2.54 bits per heavy atom. The number of aryl methyl sites for hydroxylation is 1. The topological polar surface area (TPSA) is 166 Å². The minimum atomic E-state index is -0.741. The van der Waals surface area contributed by atoms with Crippen LogP contribution in [0.15, 0.2) is 53.3 Å². The van der Waals surface area contributed by atoms with Crippen LogP contribution in [0.2, 0.25) is 0 Å². The number of carbonyl (C=O) groups is 2. The van der Waals surface area contributed by atoms with Crippen molar-refractivity contribution in [3.63, 3.8) is 0 Å². The summed E-state index contributed by atoms with van der Waals surface area (Å²) < 4.78 is 22.3. The summed E-state index contributed by atoms with van der Waals surface area (Å²) >= 11 is 1.60. The van der Waals surface area contributed by atoms with Crippen LogP contribution in [0, 0.1) is 0 Å². The largest absolute Gasteiger partial charge is 0.493 e. The summed E-state index contributed by atoms with van der Waals surface area (Å²) in [4.78, 5) is 44.5. The van der Waals surface area contributed by atoms with E-state index in [1.165, 1.54) is 20.1 Å². The molecule has 0 unspecified atom stereocenters. The van der Waals surface area contributed by atoms with Crippen LogP contribution in [0.25, 0.3) is 22.5 Å². The average Bonchev–Trinajstić information content (AvgIpc) is 3.46. The van der Waals surface area contributed by atoms with E-state index < -0.39 is 12.1 Å². The van der Waals surface area contributed by atoms with Gasteiger partial charge in [-0.2, -0.15) is 16.9 Å². The highest BCUT2D eigenvalue weighted by Crippen LogP contribution is 2.50. The molecule has 2 atom stereocenters. The van der Waals surface area contributed by atoms with Crippen molar-refractivity contribution in [3.8, 4) is 39.8 Å². The third kappa shape index (κ3) is 8.03. The maximum atomic E-state index is 14.0. The first kappa shape index (κ1) is 36.2. The molecular weight excluding hydrogens is 660 g/mol. The number of amides is 2. The summed E-state index contributed by atoms with van der Waals surface area (Å²) in [5.41, 5.74) is 4.17. The van der Waals surface area contributed by atoms with Crippen LogP contribution in [-0.4, -0.2) is 73.5 Å². The van der Waals surface area contributed by atoms with Crippen LogP contribution in [0.4, 0.5) is 11.4 Å². The Bertz CT molecular complexity index is 1920. The lowest BCUT2D eigenvalue weighted by Gasteiger charge is -2.19. The third-order valence-electron chi connectivity index (χ3n) is 8.37. The minimum Gasteiger partial charge on any atom is -0.493 e. The number of carbonyl (C=O) groups excluding carboxylic acids is 2. The van der Waals surface area contributed by atoms with Gasteiger partial charge in [0, 0.05) is 30.8 Å². The number of hydrogen-bond acceptors (Lipinski definition) is 11. The Balaban J connectivity index is 1.52. The van der Waals surface area contributed by atoms with Crippen molar-refractivity contribution in [1.29, 1.82) is 0 Å². The molecule has 1 aliphatic carbocycles. The first-order chi connectivity index (χ1) is 24.2. The van der Waals surface area contributed by atoms with Gasteiger partial charge in [-0.1, -0.05) is 18.2 Å². The van der Waals surface area contributed by atoms with Crippen molar-refractivity contribution in [2.45, 2.75) is 44.9 Å². The van der Waals surface area contributed by atoms with Gasteiger partial charge in [-0.25, -0.2) is 4.98 Å². The van der Waals surface area contributed by atoms with Gasteiger partial charge in [-0.3, -0.25) is 19.5 Å². The van der Waals surface area contributed by atoms with Crippen molar-refractivity contribution in [3.05, 3.63) is 75.7 Å². The van der Waals surface area contributed by atoms with Crippen molar-refractivity contribution >= 4 is 35.0 Å². The summed E-state index contributed by atoms with van der Waals surface area (Å²) in [6.45, 7) is 1.75. The molecule has 0 saturated carbocycles. The zero-order valence-corrected chi connectivity index (χ0v) is 29.8. The highest BCUT2D eigenvalue weighted by Gasteiger charge is 2.30. The first-order valence-corrected chi connectivity index (χ1v) is 17.4. The normalized spacial score (nSPS) is 14.0. The number of benzene rings is 2. The van der Waals surface area contributed by atoms with E-state index >= 15 is 0 Å². The Kier molecular flexibility index (Phi) is 12.0. The Labute approximate surface area is 294 Å². The van der Waals surface area contributed by atoms with Crippen molar-refractivity contribution in [1.82, 2.24) is 20.5 Å². The van der Waals surface area contributed by atoms with Gasteiger partial charge in [-0.15, -0.1) is 0 Å². The van der Waals surface area contributed by atoms with Crippen LogP contribution in [0.5, 0.6) is 17.2 Å². The molecule has 264 valence electrons. The summed E-state index contributed by atoms with van der Waals surface area (Å²) in [7, 11) is 6.23. The van der Waals surface area contributed by atoms with E-state index in [0.29, 0.717) is 82.9 Å². The summed E-state index contributed by atoms with van der Waals surface area (Å²) in [6, 6.07) is 13.0. The molecule has 4 aromatic rings. The Morgan fingerprint density at radius 1 is 1.04 bits per heavy atom. The predicted molar refractivity (Wildman–Crippen MR) is 194 cm³/mol. The number of methoxy groups -OCH3 is 4. The number of rotatable bonds is 14. The maximum Gasteiger partial charge on any atom is 0.246 e. The zero-order valence-electron chi connectivity index (χ0n) is 29.0. The number of H-pyrrole nitrogens is 1. The van der Waals surface area contributed by atoms with Crippen LogP contribution in [-0.2, 0) is 27.4 Å². The Morgan fingerprint density at radius 2 is 1.84 bits per heavy atom. The highest BCUT2D eigenvalue weighted by atomic mass is 32.2. The second-order valence-electron chi connectivity index (χ2n) is 11.7. The second kappa shape index (κ2) is 16.5. The quantitative estimate of drug-likeness (QED) is 0.140. The number of hydrogen-bond donors (Lipinski definition) is 4. The van der Waals surface area contributed by atoms with Gasteiger partial charge in [0.2, 0.25) is 23.0 Å². The van der Waals surface area contributed by atoms with Gasteiger partial charge >= 0.3 is 0 Å². The molecule has 3 aromatic carbocycles. The number of ether oxygens (including phenoxy) is 4. The molecule has 50 heavy (non-hydrogen) atoms. The molecule has 0 saturated heterocycles. The van der Waals surface area contributed by atoms with Crippen LogP contribution in [0.3, 0.4) is 0 Å². The number of nitrogens with zero attached hydrogens (tertiary/aromatic N) is 2. The van der Waals surface area contributed by atoms with Crippen molar-refractivity contribution < 1.29 is 28.5 Å². The second-order valence-corrected chi connectivity index (χ2v) is 12.7. The lowest BCUT2D eigenvalue weighted by molar-refractivity contribution is -0.120. The van der Waals surface area contributed by atoms with E-state index in [1.54, 1.807) is 51.3 Å². The molecule has 13 nitrogen and oxygen atoms in total. The molecule has 14 heteroatoms. The lowest BCUT2D eigenvalue weighted by atomic mass is 9.95. The molecule has 5 rings (SSSR count). The molecule has 1 aromatic heterocycles. The van der Waals surface area contributed by atoms with Crippen molar-refractivity contribution in [2.75, 3.05) is 51.1 Å². The maximum absolute atomic E-state index is 14.0. The van der Waals surface area contributed by atoms with Crippen molar-refractivity contribution in [2.24, 2.45) is 0 Å². The number of aromatic nitrogens is 3. The van der Waals surface area contributed by atoms with E-state index in [-0.39, 0.29) is 22.9 Å². The highest BCUT2D eigenvalue weighted by molar-refractivity contribution is 7.98. The number of nitrogens with one attached hydrogen (secondary N) is 4. The first-order valence-electron chi connectivity index (χ1n) is 16.1. The van der Waals surface area contributed by atoms with Crippen LogP contribution < -0.4 is 35.6 Å². The van der Waals surface area contributed by atoms with E-state index in [1.807, 2.05) is 30.5 Å². The standard InChI is InChI=1S/C36H42N6O7S/c1-20(43)37-26-12-10-21-17-30(47-3)33(48-4)34(49-5)32(21)24-11-13-27(29(44)18-25(24)26)39-28(14-15-50-6)36(45)38-23-9-7-8-22(16-23)35-40-31(19-46-2)41-42-35/h7-9,11,13,16-18,26,28H,10,12,14-15,19H2,1-6H3,(H,37,43)(H,38,45)(H,39,44)(H,40,41,42)/t26-,28-/m1/s1. The van der Waals surface area contributed by atoms with E-state index in [0.717, 1.165) is 11.1 Å². The molecule has 1 heterocycles. The monoisotopic (exact) mass is 702 g/mol. The van der Waals surface area contributed by atoms with Gasteiger partial charge < -0.3 is 34.9 Å². The molecule has 0 aliphatic heterocycles. The predicted octanol–water partition coefficient (Wildman–Crippen LogP) is 4.97. The minimum absolute atomic E-state index is 0.220. The summed E-state index contributed by atoms with van der Waals surface area (Å²) in [5.74, 6) is 2.60. The number of aromatic amines is 1. The molecule has 2 amide bonds.